The van der Waals surface area contributed by atoms with Crippen molar-refractivity contribution in [3.05, 3.63) is 12.2 Å². The molecule has 1 rings (SSSR count). The van der Waals surface area contributed by atoms with Crippen molar-refractivity contribution in [1.82, 2.24) is 14.7 Å². The maximum Gasteiger partial charge on any atom is 0.237 e. The minimum atomic E-state index is -0.299. The number of likely N-dealkylation sites (N-methyl/N-ethyl adjacent to an activating group) is 1. The molecule has 1 amide bonds. The first kappa shape index (κ1) is 18.1. The van der Waals surface area contributed by atoms with E-state index in [1.54, 1.807) is 0 Å². The molecule has 0 radical (unpaired) electrons. The lowest BCUT2D eigenvalue weighted by molar-refractivity contribution is -0.132. The van der Waals surface area contributed by atoms with Gasteiger partial charge in [0.05, 0.1) is 12.6 Å². The van der Waals surface area contributed by atoms with Crippen molar-refractivity contribution in [3.63, 3.8) is 0 Å². The second kappa shape index (κ2) is 8.51. The summed E-state index contributed by atoms with van der Waals surface area (Å²) in [5.41, 5.74) is 1.01. The number of β-amino-alcohol motifs (C(OH)–C–C–N with tert-alkyl or cyclic N) is 1. The van der Waals surface area contributed by atoms with E-state index in [2.05, 4.69) is 23.3 Å². The van der Waals surface area contributed by atoms with Crippen molar-refractivity contribution < 1.29 is 9.90 Å². The number of piperazine rings is 1. The van der Waals surface area contributed by atoms with Crippen LogP contribution in [0.25, 0.3) is 0 Å². The van der Waals surface area contributed by atoms with Crippen LogP contribution in [0.15, 0.2) is 12.2 Å². The van der Waals surface area contributed by atoms with Crippen LogP contribution in [0.1, 0.15) is 27.7 Å². The fourth-order valence-corrected chi connectivity index (χ4v) is 2.82. The van der Waals surface area contributed by atoms with E-state index in [1.165, 1.54) is 0 Å². The molecule has 1 heterocycles. The average molecular weight is 297 g/mol. The Balaban J connectivity index is 2.46. The first-order chi connectivity index (χ1) is 9.83. The highest BCUT2D eigenvalue weighted by molar-refractivity contribution is 5.78. The Labute approximate surface area is 129 Å². The molecule has 1 saturated heterocycles. The number of carbonyl (C=O) groups excluding carboxylic acids is 1. The van der Waals surface area contributed by atoms with Gasteiger partial charge in [0.25, 0.3) is 0 Å². The molecule has 1 aliphatic rings. The minimum absolute atomic E-state index is 0.177. The first-order valence-electron chi connectivity index (χ1n) is 7.90. The second-order valence-electron chi connectivity index (χ2n) is 6.29. The smallest absolute Gasteiger partial charge is 0.237 e. The summed E-state index contributed by atoms with van der Waals surface area (Å²) in [4.78, 5) is 18.7. The zero-order valence-corrected chi connectivity index (χ0v) is 14.0. The molecular weight excluding hydrogens is 266 g/mol. The number of hydrogen-bond donors (Lipinski definition) is 1. The van der Waals surface area contributed by atoms with Gasteiger partial charge in [-0.15, -0.1) is 0 Å². The van der Waals surface area contributed by atoms with Gasteiger partial charge in [0.2, 0.25) is 5.91 Å². The molecule has 1 N–H and O–H groups in total. The number of rotatable bonds is 7. The molecule has 0 aromatic heterocycles. The van der Waals surface area contributed by atoms with Crippen LogP contribution in [-0.4, -0.2) is 83.7 Å². The van der Waals surface area contributed by atoms with Gasteiger partial charge in [-0.3, -0.25) is 14.6 Å². The molecule has 0 bridgehead atoms. The molecule has 5 nitrogen and oxygen atoms in total. The number of amides is 1. The predicted molar refractivity (Wildman–Crippen MR) is 86.2 cm³/mol. The van der Waals surface area contributed by atoms with Crippen molar-refractivity contribution in [3.8, 4) is 0 Å². The largest absolute Gasteiger partial charge is 0.392 e. The van der Waals surface area contributed by atoms with Crippen LogP contribution >= 0.6 is 0 Å². The predicted octanol–water partition coefficient (Wildman–Crippen LogP) is 0.798. The Morgan fingerprint density at radius 1 is 1.48 bits per heavy atom. The molecule has 5 heteroatoms. The summed E-state index contributed by atoms with van der Waals surface area (Å²) < 4.78 is 0. The van der Waals surface area contributed by atoms with Crippen LogP contribution in [0.3, 0.4) is 0 Å². The second-order valence-corrected chi connectivity index (χ2v) is 6.29. The molecular formula is C16H31N3O2. The molecule has 0 unspecified atom stereocenters. The van der Waals surface area contributed by atoms with Crippen LogP contribution in [0.4, 0.5) is 0 Å². The van der Waals surface area contributed by atoms with Gasteiger partial charge in [-0.2, -0.15) is 0 Å². The van der Waals surface area contributed by atoms with E-state index in [0.717, 1.165) is 31.8 Å². The zero-order chi connectivity index (χ0) is 16.0. The quantitative estimate of drug-likeness (QED) is 0.706. The molecule has 21 heavy (non-hydrogen) atoms. The summed E-state index contributed by atoms with van der Waals surface area (Å²) >= 11 is 0. The monoisotopic (exact) mass is 297 g/mol. The Hall–Kier alpha value is -0.910. The SMILES string of the molecule is C=C(C)CN(CC)C(=O)CN1CCN(C[C@@H](C)O)[C@@H](C)C1. The van der Waals surface area contributed by atoms with E-state index in [0.29, 0.717) is 25.7 Å². The number of hydrogen-bond acceptors (Lipinski definition) is 4. The van der Waals surface area contributed by atoms with Gasteiger partial charge >= 0.3 is 0 Å². The van der Waals surface area contributed by atoms with E-state index < -0.39 is 0 Å². The minimum Gasteiger partial charge on any atom is -0.392 e. The average Bonchev–Trinajstić information content (AvgIpc) is 2.38. The molecule has 0 aromatic carbocycles. The zero-order valence-electron chi connectivity index (χ0n) is 14.0. The highest BCUT2D eigenvalue weighted by atomic mass is 16.3. The number of aliphatic hydroxyl groups is 1. The Morgan fingerprint density at radius 3 is 2.62 bits per heavy atom. The molecule has 1 aliphatic heterocycles. The highest BCUT2D eigenvalue weighted by Crippen LogP contribution is 2.10. The Kier molecular flexibility index (Phi) is 7.35. The third-order valence-electron chi connectivity index (χ3n) is 3.90. The molecule has 122 valence electrons. The van der Waals surface area contributed by atoms with Crippen LogP contribution in [0.2, 0.25) is 0 Å². The third-order valence-corrected chi connectivity index (χ3v) is 3.90. The van der Waals surface area contributed by atoms with Crippen molar-refractivity contribution in [1.29, 1.82) is 0 Å². The van der Waals surface area contributed by atoms with E-state index >= 15 is 0 Å². The van der Waals surface area contributed by atoms with Crippen LogP contribution in [-0.2, 0) is 4.79 Å². The van der Waals surface area contributed by atoms with Gasteiger partial charge in [-0.1, -0.05) is 12.2 Å². The third kappa shape index (κ3) is 6.16. The van der Waals surface area contributed by atoms with Gasteiger partial charge in [0.1, 0.15) is 0 Å². The summed E-state index contributed by atoms with van der Waals surface area (Å²) in [6, 6.07) is 0.373. The van der Waals surface area contributed by atoms with Crippen LogP contribution < -0.4 is 0 Å². The molecule has 0 spiro atoms. The molecule has 2 atom stereocenters. The van der Waals surface area contributed by atoms with Gasteiger partial charge in [-0.25, -0.2) is 0 Å². The van der Waals surface area contributed by atoms with E-state index in [1.807, 2.05) is 25.7 Å². The first-order valence-corrected chi connectivity index (χ1v) is 7.90. The normalized spacial score (nSPS) is 22.0. The fraction of sp³-hybridized carbons (Fsp3) is 0.812. The number of carbonyl (C=O) groups is 1. The number of nitrogens with zero attached hydrogens (tertiary/aromatic N) is 3. The molecule has 1 fully saturated rings. The summed E-state index contributed by atoms with van der Waals surface area (Å²) in [7, 11) is 0. The molecule has 0 saturated carbocycles. The summed E-state index contributed by atoms with van der Waals surface area (Å²) in [6.45, 7) is 17.0. The number of aliphatic hydroxyl groups excluding tert-OH is 1. The van der Waals surface area contributed by atoms with Gasteiger partial charge < -0.3 is 10.0 Å². The molecule has 0 aromatic rings. The van der Waals surface area contributed by atoms with Crippen molar-refractivity contribution >= 4 is 5.91 Å². The van der Waals surface area contributed by atoms with Crippen LogP contribution in [0, 0.1) is 0 Å². The fourth-order valence-electron chi connectivity index (χ4n) is 2.82. The van der Waals surface area contributed by atoms with E-state index in [4.69, 9.17) is 0 Å². The summed E-state index contributed by atoms with van der Waals surface area (Å²) in [6.07, 6.45) is -0.299. The lowest BCUT2D eigenvalue weighted by atomic mass is 10.1. The molecule has 0 aliphatic carbocycles. The van der Waals surface area contributed by atoms with Gasteiger partial charge in [0.15, 0.2) is 0 Å². The summed E-state index contributed by atoms with van der Waals surface area (Å²) in [5, 5.41) is 9.50. The standard InChI is InChI=1S/C16H31N3O2/c1-6-18(9-13(2)3)16(21)12-17-7-8-19(11-15(5)20)14(4)10-17/h14-15,20H,2,6-12H2,1,3-5H3/t14-,15+/m0/s1. The Bertz CT molecular complexity index is 357. The van der Waals surface area contributed by atoms with Crippen molar-refractivity contribution in [2.45, 2.75) is 39.8 Å². The van der Waals surface area contributed by atoms with Gasteiger partial charge in [0, 0.05) is 45.3 Å². The van der Waals surface area contributed by atoms with E-state index in [-0.39, 0.29) is 12.0 Å². The maximum atomic E-state index is 12.3. The lowest BCUT2D eigenvalue weighted by Gasteiger charge is -2.40. The van der Waals surface area contributed by atoms with Gasteiger partial charge in [-0.05, 0) is 27.7 Å². The van der Waals surface area contributed by atoms with Crippen LogP contribution in [0.5, 0.6) is 0 Å². The summed E-state index contributed by atoms with van der Waals surface area (Å²) in [5.74, 6) is 0.177. The topological polar surface area (TPSA) is 47.0 Å². The van der Waals surface area contributed by atoms with E-state index in [9.17, 15) is 9.90 Å². The van der Waals surface area contributed by atoms with Crippen molar-refractivity contribution in [2.75, 3.05) is 45.8 Å². The lowest BCUT2D eigenvalue weighted by Crippen LogP contribution is -2.55. The Morgan fingerprint density at radius 2 is 2.14 bits per heavy atom. The van der Waals surface area contributed by atoms with Crippen molar-refractivity contribution in [2.24, 2.45) is 0 Å². The maximum absolute atomic E-state index is 12.3. The highest BCUT2D eigenvalue weighted by Gasteiger charge is 2.26.